The highest BCUT2D eigenvalue weighted by atomic mass is 31.2. The molecule has 0 aromatic carbocycles. The van der Waals surface area contributed by atoms with Gasteiger partial charge in [-0.05, 0) is 122 Å². The molecule has 0 aromatic rings. The van der Waals surface area contributed by atoms with Crippen LogP contribution in [0.5, 0.6) is 0 Å². The van der Waals surface area contributed by atoms with Crippen molar-refractivity contribution < 1.29 is 42.1 Å². The minimum absolute atomic E-state index is 0.0200. The van der Waals surface area contributed by atoms with Gasteiger partial charge in [0.15, 0.2) is 6.10 Å². The molecule has 0 rings (SSSR count). The third-order valence-electron chi connectivity index (χ3n) is 13.6. The molecule has 0 amide bonds. The molecule has 0 aliphatic carbocycles. The zero-order valence-electron chi connectivity index (χ0n) is 54.1. The van der Waals surface area contributed by atoms with Crippen LogP contribution in [0.15, 0.2) is 158 Å². The Kier molecular flexibility index (Phi) is 59.9. The van der Waals surface area contributed by atoms with Gasteiger partial charge in [0, 0.05) is 12.8 Å². The average Bonchev–Trinajstić information content (AvgIpc) is 3.61. The first-order valence-corrected chi connectivity index (χ1v) is 34.7. The fourth-order valence-electron chi connectivity index (χ4n) is 8.53. The van der Waals surface area contributed by atoms with Gasteiger partial charge in [0.2, 0.25) is 0 Å². The van der Waals surface area contributed by atoms with E-state index in [4.69, 9.17) is 18.5 Å². The van der Waals surface area contributed by atoms with E-state index in [1.165, 1.54) is 70.6 Å². The molecule has 0 radical (unpaired) electrons. The fraction of sp³-hybridized carbons (Fsp3) is 0.622. The Hall–Kier alpha value is -4.37. The van der Waals surface area contributed by atoms with E-state index in [-0.39, 0.29) is 32.0 Å². The van der Waals surface area contributed by atoms with Gasteiger partial charge in [0.1, 0.15) is 19.8 Å². The molecular weight excluding hydrogens is 1060 g/mol. The molecule has 0 heterocycles. The van der Waals surface area contributed by atoms with Gasteiger partial charge in [-0.15, -0.1) is 0 Å². The van der Waals surface area contributed by atoms with Crippen LogP contribution in [0.25, 0.3) is 0 Å². The molecule has 0 aromatic heterocycles. The second-order valence-corrected chi connectivity index (χ2v) is 24.2. The molecule has 0 saturated heterocycles. The van der Waals surface area contributed by atoms with Crippen LogP contribution in [0.2, 0.25) is 0 Å². The van der Waals surface area contributed by atoms with Crippen LogP contribution in [0.1, 0.15) is 245 Å². The number of carbonyl (C=O) groups is 2. The van der Waals surface area contributed by atoms with Crippen molar-refractivity contribution in [3.63, 3.8) is 0 Å². The number of hydrogen-bond acceptors (Lipinski definition) is 7. The standard InChI is InChI=1S/C74H122NO8P/c1-6-8-10-12-14-16-18-20-22-24-26-28-30-32-34-36-37-39-41-43-45-47-49-51-53-55-57-59-61-63-65-67-74(77)83-72(71-82-84(78,79)81-69-68-75(3,4)5)70-80-73(76)66-64-62-60-58-56-54-52-50-48-46-44-42-40-38-35-33-31-29-27-25-23-21-19-17-15-13-11-9-7-2/h8-11,14-17,20-23,26-29,32-35,37,39,43,45,49,51,72H,6-7,12-13,18-19,24-25,30-31,36,38,40-42,44,46-48,50,52-71H2,1-5H3/p+1/b10-8-,11-9-,16-14-,17-15-,22-20-,23-21-,28-26-,29-27-,34-32-,35-33-,39-37-,45-43-,51-49-. The van der Waals surface area contributed by atoms with Gasteiger partial charge in [-0.3, -0.25) is 18.6 Å². The maximum absolute atomic E-state index is 12.9. The van der Waals surface area contributed by atoms with Crippen molar-refractivity contribution in [2.45, 2.75) is 251 Å². The summed E-state index contributed by atoms with van der Waals surface area (Å²) in [6.45, 7) is 4.18. The third-order valence-corrected chi connectivity index (χ3v) is 14.5. The van der Waals surface area contributed by atoms with Gasteiger partial charge in [0.05, 0.1) is 27.7 Å². The van der Waals surface area contributed by atoms with Crippen molar-refractivity contribution in [1.82, 2.24) is 0 Å². The lowest BCUT2D eigenvalue weighted by Crippen LogP contribution is -2.37. The number of ether oxygens (including phenoxy) is 2. The van der Waals surface area contributed by atoms with E-state index in [0.717, 1.165) is 141 Å². The summed E-state index contributed by atoms with van der Waals surface area (Å²) in [6, 6.07) is 0. The summed E-state index contributed by atoms with van der Waals surface area (Å²) in [6.07, 6.45) is 94.7. The van der Waals surface area contributed by atoms with Gasteiger partial charge in [0.25, 0.3) is 0 Å². The van der Waals surface area contributed by atoms with Gasteiger partial charge in [-0.1, -0.05) is 268 Å². The van der Waals surface area contributed by atoms with Crippen molar-refractivity contribution in [2.75, 3.05) is 47.5 Å². The average molecular weight is 1190 g/mol. The summed E-state index contributed by atoms with van der Waals surface area (Å²) < 4.78 is 34.7. The molecule has 0 aliphatic heterocycles. The molecule has 2 atom stereocenters. The molecule has 0 fully saturated rings. The quantitative estimate of drug-likeness (QED) is 0.0211. The molecule has 10 heteroatoms. The van der Waals surface area contributed by atoms with E-state index in [9.17, 15) is 19.0 Å². The fourth-order valence-corrected chi connectivity index (χ4v) is 9.27. The van der Waals surface area contributed by atoms with E-state index < -0.39 is 26.5 Å². The van der Waals surface area contributed by atoms with Gasteiger partial charge in [-0.25, -0.2) is 4.57 Å². The second-order valence-electron chi connectivity index (χ2n) is 22.7. The number of phosphoric ester groups is 1. The molecule has 476 valence electrons. The molecule has 2 unspecified atom stereocenters. The van der Waals surface area contributed by atoms with Crippen molar-refractivity contribution in [2.24, 2.45) is 0 Å². The highest BCUT2D eigenvalue weighted by Gasteiger charge is 2.27. The predicted octanol–water partition coefficient (Wildman–Crippen LogP) is 21.6. The lowest BCUT2D eigenvalue weighted by Gasteiger charge is -2.24. The molecular formula is C74H123NO8P+. The molecule has 9 nitrogen and oxygen atoms in total. The van der Waals surface area contributed by atoms with Gasteiger partial charge in [-0.2, -0.15) is 0 Å². The van der Waals surface area contributed by atoms with E-state index in [1.54, 1.807) is 0 Å². The van der Waals surface area contributed by atoms with Crippen LogP contribution >= 0.6 is 7.82 Å². The summed E-state index contributed by atoms with van der Waals surface area (Å²) in [5.74, 6) is -0.824. The molecule has 1 N–H and O–H groups in total. The van der Waals surface area contributed by atoms with Crippen molar-refractivity contribution in [3.8, 4) is 0 Å². The maximum atomic E-state index is 12.9. The third kappa shape index (κ3) is 66.8. The van der Waals surface area contributed by atoms with E-state index in [1.807, 2.05) is 21.1 Å². The normalized spacial score (nSPS) is 14.2. The first-order chi connectivity index (χ1) is 41.0. The zero-order chi connectivity index (χ0) is 61.2. The Balaban J connectivity index is 4.18. The number of nitrogens with zero attached hydrogens (tertiary/aromatic N) is 1. The van der Waals surface area contributed by atoms with Crippen molar-refractivity contribution in [3.05, 3.63) is 158 Å². The summed E-state index contributed by atoms with van der Waals surface area (Å²) in [7, 11) is 1.45. The number of carbonyl (C=O) groups excluding carboxylic acids is 2. The highest BCUT2D eigenvalue weighted by Crippen LogP contribution is 2.43. The van der Waals surface area contributed by atoms with Gasteiger partial charge < -0.3 is 18.9 Å². The van der Waals surface area contributed by atoms with E-state index in [2.05, 4.69) is 172 Å². The number of rotatable bonds is 59. The summed E-state index contributed by atoms with van der Waals surface area (Å²) in [4.78, 5) is 35.8. The minimum atomic E-state index is -4.41. The first-order valence-electron chi connectivity index (χ1n) is 33.2. The lowest BCUT2D eigenvalue weighted by atomic mass is 10.0. The largest absolute Gasteiger partial charge is 0.472 e. The Labute approximate surface area is 516 Å². The monoisotopic (exact) mass is 1180 g/mol. The molecule has 0 bridgehead atoms. The Morgan fingerprint density at radius 1 is 0.369 bits per heavy atom. The number of phosphoric acid groups is 1. The predicted molar refractivity (Wildman–Crippen MR) is 362 cm³/mol. The highest BCUT2D eigenvalue weighted by molar-refractivity contribution is 7.47. The number of esters is 2. The van der Waals surface area contributed by atoms with Crippen LogP contribution in [0.4, 0.5) is 0 Å². The summed E-state index contributed by atoms with van der Waals surface area (Å²) in [5, 5.41) is 0. The van der Waals surface area contributed by atoms with Gasteiger partial charge >= 0.3 is 19.8 Å². The van der Waals surface area contributed by atoms with Crippen LogP contribution in [0, 0.1) is 0 Å². The first kappa shape index (κ1) is 79.6. The van der Waals surface area contributed by atoms with Crippen molar-refractivity contribution in [1.29, 1.82) is 0 Å². The Morgan fingerprint density at radius 2 is 0.643 bits per heavy atom. The number of likely N-dealkylation sites (N-methyl/N-ethyl adjacent to an activating group) is 1. The zero-order valence-corrected chi connectivity index (χ0v) is 55.0. The smallest absolute Gasteiger partial charge is 0.462 e. The second kappa shape index (κ2) is 63.1. The molecule has 0 spiro atoms. The number of quaternary nitrogens is 1. The SMILES string of the molecule is CC/C=C\C/C=C\C/C=C\C/C=C\C/C=C\C/C=C\C/C=C\C/C=C\CCCCCCCCC(=O)OC(COC(=O)CCCCCCCCCCCCCCC/C=C\C/C=C\C/C=C\C/C=C\C/C=C\CC)COP(=O)(O)OCC[N+](C)(C)C. The topological polar surface area (TPSA) is 108 Å². The van der Waals surface area contributed by atoms with Crippen LogP contribution in [0.3, 0.4) is 0 Å². The Morgan fingerprint density at radius 3 is 0.952 bits per heavy atom. The summed E-state index contributed by atoms with van der Waals surface area (Å²) >= 11 is 0. The van der Waals surface area contributed by atoms with Crippen LogP contribution in [-0.2, 0) is 32.7 Å². The molecule has 84 heavy (non-hydrogen) atoms. The summed E-state index contributed by atoms with van der Waals surface area (Å²) in [5.41, 5.74) is 0. The van der Waals surface area contributed by atoms with Crippen LogP contribution < -0.4 is 0 Å². The maximum Gasteiger partial charge on any atom is 0.472 e. The number of hydrogen-bond donors (Lipinski definition) is 1. The molecule has 0 aliphatic rings. The number of unbranched alkanes of at least 4 members (excludes halogenated alkanes) is 19. The minimum Gasteiger partial charge on any atom is -0.462 e. The van der Waals surface area contributed by atoms with E-state index >= 15 is 0 Å². The number of allylic oxidation sites excluding steroid dienone is 26. The lowest BCUT2D eigenvalue weighted by molar-refractivity contribution is -0.870. The Bertz CT molecular complexity index is 1970. The van der Waals surface area contributed by atoms with Crippen molar-refractivity contribution >= 4 is 19.8 Å². The van der Waals surface area contributed by atoms with Crippen LogP contribution in [-0.4, -0.2) is 74.9 Å². The van der Waals surface area contributed by atoms with E-state index in [0.29, 0.717) is 17.4 Å². The molecule has 0 saturated carbocycles.